The van der Waals surface area contributed by atoms with Crippen LogP contribution in [-0.4, -0.2) is 15.4 Å². The van der Waals surface area contributed by atoms with Gasteiger partial charge in [-0.2, -0.15) is 0 Å². The van der Waals surface area contributed by atoms with Crippen LogP contribution < -0.4 is 0 Å². The zero-order valence-electron chi connectivity index (χ0n) is 10.1. The van der Waals surface area contributed by atoms with E-state index in [1.807, 2.05) is 0 Å². The molecular formula is C14H12BrClN2S. The lowest BCUT2D eigenvalue weighted by Crippen LogP contribution is -2.04. The van der Waals surface area contributed by atoms with Crippen molar-refractivity contribution in [3.63, 3.8) is 0 Å². The van der Waals surface area contributed by atoms with Gasteiger partial charge in [0, 0.05) is 21.7 Å². The standard InChI is InChI=1S/C14H12BrClN2S/c15-10-3-4-13-12(8-10)17-14(5-6-16)18(13)9-11-2-1-7-19-11/h1-4,7-8H,5-6,9H2. The molecule has 2 heterocycles. The fourth-order valence-electron chi connectivity index (χ4n) is 2.16. The van der Waals surface area contributed by atoms with Crippen LogP contribution in [0.5, 0.6) is 0 Å². The van der Waals surface area contributed by atoms with Crippen molar-refractivity contribution < 1.29 is 0 Å². The average Bonchev–Trinajstić information content (AvgIpc) is 2.99. The van der Waals surface area contributed by atoms with Gasteiger partial charge in [0.05, 0.1) is 17.6 Å². The minimum Gasteiger partial charge on any atom is -0.323 e. The first-order valence-corrected chi connectivity index (χ1v) is 8.21. The lowest BCUT2D eigenvalue weighted by atomic mass is 10.3. The van der Waals surface area contributed by atoms with Gasteiger partial charge in [-0.25, -0.2) is 4.98 Å². The van der Waals surface area contributed by atoms with Crippen molar-refractivity contribution in [1.82, 2.24) is 9.55 Å². The molecule has 1 aromatic carbocycles. The van der Waals surface area contributed by atoms with Gasteiger partial charge in [-0.15, -0.1) is 22.9 Å². The Kier molecular flexibility index (Phi) is 3.91. The van der Waals surface area contributed by atoms with E-state index in [1.54, 1.807) is 11.3 Å². The molecule has 0 N–H and O–H groups in total. The van der Waals surface area contributed by atoms with Crippen LogP contribution in [0.3, 0.4) is 0 Å². The molecule has 0 atom stereocenters. The summed E-state index contributed by atoms with van der Waals surface area (Å²) >= 11 is 11.2. The Morgan fingerprint density at radius 3 is 2.95 bits per heavy atom. The van der Waals surface area contributed by atoms with E-state index in [0.717, 1.165) is 34.3 Å². The number of rotatable bonds is 4. The van der Waals surface area contributed by atoms with Crippen molar-refractivity contribution in [2.75, 3.05) is 5.88 Å². The Labute approximate surface area is 129 Å². The normalized spacial score (nSPS) is 11.3. The Morgan fingerprint density at radius 1 is 1.32 bits per heavy atom. The van der Waals surface area contributed by atoms with Gasteiger partial charge >= 0.3 is 0 Å². The van der Waals surface area contributed by atoms with Gasteiger partial charge in [0.2, 0.25) is 0 Å². The van der Waals surface area contributed by atoms with Gasteiger partial charge in [-0.05, 0) is 29.6 Å². The van der Waals surface area contributed by atoms with Crippen molar-refractivity contribution in [1.29, 1.82) is 0 Å². The van der Waals surface area contributed by atoms with E-state index >= 15 is 0 Å². The number of alkyl halides is 1. The van der Waals surface area contributed by atoms with Crippen molar-refractivity contribution in [3.8, 4) is 0 Å². The molecule has 0 spiro atoms. The van der Waals surface area contributed by atoms with E-state index in [1.165, 1.54) is 4.88 Å². The second kappa shape index (κ2) is 5.65. The van der Waals surface area contributed by atoms with Crippen LogP contribution in [0, 0.1) is 0 Å². The number of benzene rings is 1. The summed E-state index contributed by atoms with van der Waals surface area (Å²) in [5.41, 5.74) is 2.18. The molecule has 0 aliphatic rings. The monoisotopic (exact) mass is 354 g/mol. The van der Waals surface area contributed by atoms with Crippen LogP contribution >= 0.6 is 38.9 Å². The minimum atomic E-state index is 0.592. The minimum absolute atomic E-state index is 0.592. The number of aryl methyl sites for hydroxylation is 1. The zero-order chi connectivity index (χ0) is 13.2. The van der Waals surface area contributed by atoms with Gasteiger partial charge in [0.25, 0.3) is 0 Å². The van der Waals surface area contributed by atoms with Crippen molar-refractivity contribution in [3.05, 3.63) is 50.9 Å². The SMILES string of the molecule is ClCCc1nc2cc(Br)ccc2n1Cc1cccs1. The Bertz CT molecular complexity index is 691. The molecule has 3 rings (SSSR count). The Balaban J connectivity index is 2.10. The molecule has 2 aromatic heterocycles. The number of halogens is 2. The molecule has 3 aromatic rings. The van der Waals surface area contributed by atoms with Crippen LogP contribution in [0.2, 0.25) is 0 Å². The van der Waals surface area contributed by atoms with Crippen LogP contribution in [0.1, 0.15) is 10.7 Å². The number of imidazole rings is 1. The van der Waals surface area contributed by atoms with Crippen LogP contribution in [0.4, 0.5) is 0 Å². The molecule has 0 amide bonds. The van der Waals surface area contributed by atoms with E-state index in [9.17, 15) is 0 Å². The van der Waals surface area contributed by atoms with Gasteiger partial charge in [0.1, 0.15) is 5.82 Å². The summed E-state index contributed by atoms with van der Waals surface area (Å²) in [7, 11) is 0. The number of thiophene rings is 1. The smallest absolute Gasteiger partial charge is 0.111 e. The van der Waals surface area contributed by atoms with Gasteiger partial charge in [0.15, 0.2) is 0 Å². The second-order valence-corrected chi connectivity index (χ2v) is 6.59. The molecule has 0 unspecified atom stereocenters. The molecule has 0 bridgehead atoms. The highest BCUT2D eigenvalue weighted by atomic mass is 79.9. The average molecular weight is 356 g/mol. The lowest BCUT2D eigenvalue weighted by molar-refractivity contribution is 0.763. The molecule has 0 saturated carbocycles. The van der Waals surface area contributed by atoms with Crippen LogP contribution in [0.25, 0.3) is 11.0 Å². The van der Waals surface area contributed by atoms with Gasteiger partial charge in [-0.1, -0.05) is 22.0 Å². The van der Waals surface area contributed by atoms with Crippen molar-refractivity contribution >= 4 is 49.9 Å². The predicted molar refractivity (Wildman–Crippen MR) is 85.3 cm³/mol. The first-order valence-electron chi connectivity index (χ1n) is 6.01. The first kappa shape index (κ1) is 13.2. The summed E-state index contributed by atoms with van der Waals surface area (Å²) in [5, 5.41) is 2.10. The van der Waals surface area contributed by atoms with Crippen LogP contribution in [-0.2, 0) is 13.0 Å². The van der Waals surface area contributed by atoms with Gasteiger partial charge < -0.3 is 4.57 Å². The molecule has 0 aliphatic heterocycles. The van der Waals surface area contributed by atoms with E-state index in [-0.39, 0.29) is 0 Å². The molecule has 0 saturated heterocycles. The summed E-state index contributed by atoms with van der Waals surface area (Å²) in [5.74, 6) is 1.64. The number of hydrogen-bond donors (Lipinski definition) is 0. The molecule has 0 radical (unpaired) electrons. The fraction of sp³-hybridized carbons (Fsp3) is 0.214. The van der Waals surface area contributed by atoms with Crippen LogP contribution in [0.15, 0.2) is 40.2 Å². The molecule has 0 fully saturated rings. The maximum atomic E-state index is 5.89. The summed E-state index contributed by atoms with van der Waals surface area (Å²) in [4.78, 5) is 6.03. The van der Waals surface area contributed by atoms with Crippen molar-refractivity contribution in [2.45, 2.75) is 13.0 Å². The molecular weight excluding hydrogens is 344 g/mol. The maximum Gasteiger partial charge on any atom is 0.111 e. The third kappa shape index (κ3) is 2.71. The molecule has 2 nitrogen and oxygen atoms in total. The highest BCUT2D eigenvalue weighted by Crippen LogP contribution is 2.23. The highest BCUT2D eigenvalue weighted by Gasteiger charge is 2.11. The zero-order valence-corrected chi connectivity index (χ0v) is 13.3. The Morgan fingerprint density at radius 2 is 2.21 bits per heavy atom. The number of fused-ring (bicyclic) bond motifs is 1. The summed E-state index contributed by atoms with van der Waals surface area (Å²) < 4.78 is 3.31. The predicted octanol–water partition coefficient (Wildman–Crippen LogP) is 4.69. The maximum absolute atomic E-state index is 5.89. The quantitative estimate of drug-likeness (QED) is 0.621. The fourth-order valence-corrected chi connectivity index (χ4v) is 3.37. The van der Waals surface area contributed by atoms with Crippen molar-refractivity contribution in [2.24, 2.45) is 0 Å². The third-order valence-electron chi connectivity index (χ3n) is 3.00. The molecule has 5 heteroatoms. The molecule has 19 heavy (non-hydrogen) atoms. The molecule has 98 valence electrons. The summed E-state index contributed by atoms with van der Waals surface area (Å²) in [6.45, 7) is 0.863. The largest absolute Gasteiger partial charge is 0.323 e. The summed E-state index contributed by atoms with van der Waals surface area (Å²) in [6, 6.07) is 10.5. The second-order valence-electron chi connectivity index (χ2n) is 4.27. The lowest BCUT2D eigenvalue weighted by Gasteiger charge is -2.06. The van der Waals surface area contributed by atoms with Gasteiger partial charge in [-0.3, -0.25) is 0 Å². The third-order valence-corrected chi connectivity index (χ3v) is 4.54. The van der Waals surface area contributed by atoms with E-state index < -0.39 is 0 Å². The Hall–Kier alpha value is -0.840. The first-order chi connectivity index (χ1) is 9.28. The van der Waals surface area contributed by atoms with E-state index in [0.29, 0.717) is 5.88 Å². The number of hydrogen-bond acceptors (Lipinski definition) is 2. The molecule has 0 aliphatic carbocycles. The number of aromatic nitrogens is 2. The van der Waals surface area contributed by atoms with E-state index in [4.69, 9.17) is 16.6 Å². The highest BCUT2D eigenvalue weighted by molar-refractivity contribution is 9.10. The topological polar surface area (TPSA) is 17.8 Å². The van der Waals surface area contributed by atoms with E-state index in [2.05, 4.69) is 56.2 Å². The summed E-state index contributed by atoms with van der Waals surface area (Å²) in [6.07, 6.45) is 0.791. The number of nitrogens with zero attached hydrogens (tertiary/aromatic N) is 2.